The van der Waals surface area contributed by atoms with E-state index >= 15 is 0 Å². The Bertz CT molecular complexity index is 1840. The molecule has 316 valence electrons. The molecule has 19 nitrogen and oxygen atoms in total. The Labute approximate surface area is 333 Å². The average Bonchev–Trinajstić information content (AvgIpc) is 3.12. The van der Waals surface area contributed by atoms with Crippen molar-refractivity contribution in [3.63, 3.8) is 0 Å². The van der Waals surface area contributed by atoms with Crippen LogP contribution in [-0.2, 0) is 82.7 Å². The SMILES string of the molecule is C=CC1C(OC2OC(COC(C)=O)C(OC(C)=O)C(OC(C)=O)C2OC(C)=O)OC=C(C(=O)OC)C1CC1c2cc(OC(C)=O)c(OC(C)=O)cc2CCN1C(C)=O. The molecule has 3 aliphatic heterocycles. The number of esters is 7. The Morgan fingerprint density at radius 1 is 0.776 bits per heavy atom. The van der Waals surface area contributed by atoms with Crippen LogP contribution in [0.15, 0.2) is 36.6 Å². The summed E-state index contributed by atoms with van der Waals surface area (Å²) in [5, 5.41) is 0. The van der Waals surface area contributed by atoms with Crippen LogP contribution < -0.4 is 9.47 Å². The van der Waals surface area contributed by atoms with Gasteiger partial charge in [0, 0.05) is 66.8 Å². The van der Waals surface area contributed by atoms with Crippen molar-refractivity contribution in [3.8, 4) is 11.5 Å². The highest BCUT2D eigenvalue weighted by Crippen LogP contribution is 2.46. The van der Waals surface area contributed by atoms with Gasteiger partial charge in [0.2, 0.25) is 18.5 Å². The average molecular weight is 818 g/mol. The summed E-state index contributed by atoms with van der Waals surface area (Å²) >= 11 is 0. The fraction of sp³-hybridized carbons (Fsp3) is 0.538. The quantitative estimate of drug-likeness (QED) is 0.120. The number of fused-ring (bicyclic) bond motifs is 1. The smallest absolute Gasteiger partial charge is 0.337 e. The van der Waals surface area contributed by atoms with E-state index in [2.05, 4.69) is 6.58 Å². The van der Waals surface area contributed by atoms with Crippen molar-refractivity contribution < 1.29 is 85.7 Å². The minimum Gasteiger partial charge on any atom is -0.471 e. The minimum atomic E-state index is -1.66. The molecule has 3 heterocycles. The lowest BCUT2D eigenvalue weighted by molar-refractivity contribution is -0.342. The van der Waals surface area contributed by atoms with Crippen LogP contribution in [0.25, 0.3) is 0 Å². The Kier molecular flexibility index (Phi) is 15.1. The van der Waals surface area contributed by atoms with E-state index in [0.29, 0.717) is 17.5 Å². The molecule has 0 bridgehead atoms. The van der Waals surface area contributed by atoms with Gasteiger partial charge < -0.3 is 52.3 Å². The maximum absolute atomic E-state index is 13.3. The van der Waals surface area contributed by atoms with Crippen LogP contribution in [0.1, 0.15) is 72.1 Å². The molecule has 9 unspecified atom stereocenters. The predicted octanol–water partition coefficient (Wildman–Crippen LogP) is 2.30. The highest BCUT2D eigenvalue weighted by atomic mass is 16.8. The molecule has 1 aromatic carbocycles. The molecule has 3 aliphatic rings. The second-order valence-corrected chi connectivity index (χ2v) is 13.6. The molecule has 1 amide bonds. The zero-order valence-corrected chi connectivity index (χ0v) is 33.3. The van der Waals surface area contributed by atoms with Crippen LogP contribution in [0, 0.1) is 11.8 Å². The molecular weight excluding hydrogens is 770 g/mol. The number of nitrogens with zero attached hydrogens (tertiary/aromatic N) is 1. The number of carbonyl (C=O) groups excluding carboxylic acids is 8. The van der Waals surface area contributed by atoms with E-state index in [1.807, 2.05) is 0 Å². The van der Waals surface area contributed by atoms with Gasteiger partial charge in [-0.2, -0.15) is 0 Å². The summed E-state index contributed by atoms with van der Waals surface area (Å²) in [5.74, 6) is -7.62. The van der Waals surface area contributed by atoms with Gasteiger partial charge in [-0.25, -0.2) is 4.79 Å². The van der Waals surface area contributed by atoms with E-state index in [9.17, 15) is 38.4 Å². The molecule has 9 atom stereocenters. The molecule has 4 rings (SSSR count). The van der Waals surface area contributed by atoms with E-state index in [4.69, 9.17) is 47.4 Å². The molecule has 0 spiro atoms. The van der Waals surface area contributed by atoms with Gasteiger partial charge in [0.25, 0.3) is 0 Å². The largest absolute Gasteiger partial charge is 0.471 e. The number of carbonyl (C=O) groups is 8. The van der Waals surface area contributed by atoms with Crippen LogP contribution in [0.3, 0.4) is 0 Å². The normalized spacial score (nSPS) is 26.2. The van der Waals surface area contributed by atoms with Gasteiger partial charge in [0.1, 0.15) is 12.7 Å². The van der Waals surface area contributed by atoms with Crippen molar-refractivity contribution >= 4 is 47.7 Å². The monoisotopic (exact) mass is 817 g/mol. The molecule has 1 aromatic rings. The highest BCUT2D eigenvalue weighted by Gasteiger charge is 2.54. The summed E-state index contributed by atoms with van der Waals surface area (Å²) in [7, 11) is 1.17. The van der Waals surface area contributed by atoms with Crippen molar-refractivity contribution in [2.75, 3.05) is 20.3 Å². The first kappa shape index (κ1) is 44.9. The number of hydrogen-bond acceptors (Lipinski definition) is 18. The third kappa shape index (κ3) is 11.0. The van der Waals surface area contributed by atoms with Gasteiger partial charge in [-0.15, -0.1) is 6.58 Å². The maximum atomic E-state index is 13.3. The first-order chi connectivity index (χ1) is 27.3. The Morgan fingerprint density at radius 3 is 1.90 bits per heavy atom. The van der Waals surface area contributed by atoms with E-state index in [1.165, 1.54) is 40.0 Å². The number of ether oxygens (including phenoxy) is 10. The third-order valence-electron chi connectivity index (χ3n) is 9.37. The van der Waals surface area contributed by atoms with E-state index in [0.717, 1.165) is 34.0 Å². The number of methoxy groups -OCH3 is 1. The fourth-order valence-corrected chi connectivity index (χ4v) is 7.20. The van der Waals surface area contributed by atoms with Gasteiger partial charge in [0.05, 0.1) is 25.0 Å². The van der Waals surface area contributed by atoms with Crippen molar-refractivity contribution in [2.24, 2.45) is 11.8 Å². The predicted molar refractivity (Wildman–Crippen MR) is 193 cm³/mol. The first-order valence-corrected chi connectivity index (χ1v) is 18.2. The number of benzene rings is 1. The van der Waals surface area contributed by atoms with Gasteiger partial charge >= 0.3 is 41.8 Å². The highest BCUT2D eigenvalue weighted by molar-refractivity contribution is 5.89. The maximum Gasteiger partial charge on any atom is 0.337 e. The molecule has 0 radical (unpaired) electrons. The minimum absolute atomic E-state index is 0.0000549. The first-order valence-electron chi connectivity index (χ1n) is 18.2. The van der Waals surface area contributed by atoms with E-state index in [-0.39, 0.29) is 35.9 Å². The zero-order chi connectivity index (χ0) is 43.0. The number of hydrogen-bond donors (Lipinski definition) is 0. The lowest BCUT2D eigenvalue weighted by Crippen LogP contribution is -2.63. The fourth-order valence-electron chi connectivity index (χ4n) is 7.20. The standard InChI is InChI=1S/C39H47NO18/c1-10-26-28(14-30-27-15-32(53-21(5)44)31(52-20(4)43)13-25(27)11-12-40(30)18(2)41)29(37(48)49-9)16-51-38(26)58-39-36(56-24(8)47)35(55-23(7)46)34(54-22(6)45)33(57-39)17-50-19(3)42/h10,13,15-16,26,28,30,33-36,38-39H,1,11-12,14,17H2,2-9H3. The number of amides is 1. The van der Waals surface area contributed by atoms with Crippen LogP contribution in [0.5, 0.6) is 11.5 Å². The number of rotatable bonds is 13. The summed E-state index contributed by atoms with van der Waals surface area (Å²) in [5.41, 5.74) is 1.23. The zero-order valence-electron chi connectivity index (χ0n) is 33.3. The molecule has 58 heavy (non-hydrogen) atoms. The lowest BCUT2D eigenvalue weighted by atomic mass is 9.76. The molecule has 1 fully saturated rings. The summed E-state index contributed by atoms with van der Waals surface area (Å²) < 4.78 is 55.9. The molecule has 0 aromatic heterocycles. The van der Waals surface area contributed by atoms with Crippen LogP contribution in [0.4, 0.5) is 0 Å². The van der Waals surface area contributed by atoms with E-state index in [1.54, 1.807) is 11.0 Å². The van der Waals surface area contributed by atoms with Crippen LogP contribution in [-0.4, -0.2) is 110 Å². The van der Waals surface area contributed by atoms with Gasteiger partial charge in [0.15, 0.2) is 29.8 Å². The molecule has 19 heteroatoms. The third-order valence-corrected chi connectivity index (χ3v) is 9.37. The topological polar surface area (TPSA) is 232 Å². The molecule has 0 N–H and O–H groups in total. The molecule has 0 saturated carbocycles. The van der Waals surface area contributed by atoms with Gasteiger partial charge in [-0.3, -0.25) is 33.6 Å². The van der Waals surface area contributed by atoms with Gasteiger partial charge in [-0.05, 0) is 36.1 Å². The molecule has 1 saturated heterocycles. The molecular formula is C39H47NO18. The summed E-state index contributed by atoms with van der Waals surface area (Å²) in [6.45, 7) is 11.8. The Balaban J connectivity index is 1.81. The lowest BCUT2D eigenvalue weighted by Gasteiger charge is -2.46. The summed E-state index contributed by atoms with van der Waals surface area (Å²) in [6, 6.07) is 2.28. The Hall–Kier alpha value is -5.82. The van der Waals surface area contributed by atoms with Crippen molar-refractivity contribution in [1.29, 1.82) is 0 Å². The van der Waals surface area contributed by atoms with Crippen LogP contribution in [0.2, 0.25) is 0 Å². The summed E-state index contributed by atoms with van der Waals surface area (Å²) in [6.07, 6.45) is -6.08. The van der Waals surface area contributed by atoms with Crippen molar-refractivity contribution in [1.82, 2.24) is 4.90 Å². The van der Waals surface area contributed by atoms with E-state index < -0.39 is 103 Å². The summed E-state index contributed by atoms with van der Waals surface area (Å²) in [4.78, 5) is 101. The van der Waals surface area contributed by atoms with Crippen LogP contribution >= 0.6 is 0 Å². The second kappa shape index (κ2) is 19.6. The Morgan fingerprint density at radius 2 is 1.36 bits per heavy atom. The van der Waals surface area contributed by atoms with Gasteiger partial charge in [-0.1, -0.05) is 6.08 Å². The van der Waals surface area contributed by atoms with Crippen molar-refractivity contribution in [3.05, 3.63) is 47.7 Å². The van der Waals surface area contributed by atoms with Crippen molar-refractivity contribution in [2.45, 2.75) is 104 Å². The second-order valence-electron chi connectivity index (χ2n) is 13.6. The molecule has 0 aliphatic carbocycles.